The molecule has 2 heterocycles. The molecule has 9 nitrogen and oxygen atoms in total. The zero-order valence-electron chi connectivity index (χ0n) is 16.8. The zero-order chi connectivity index (χ0) is 20.9. The molecule has 0 radical (unpaired) electrons. The van der Waals surface area contributed by atoms with E-state index in [-0.39, 0.29) is 16.9 Å². The van der Waals surface area contributed by atoms with Crippen LogP contribution in [0.3, 0.4) is 0 Å². The van der Waals surface area contributed by atoms with E-state index in [2.05, 4.69) is 20.8 Å². The first-order valence-corrected chi connectivity index (χ1v) is 11.8. The Morgan fingerprint density at radius 3 is 2.67 bits per heavy atom. The second-order valence-corrected chi connectivity index (χ2v) is 9.75. The first-order valence-electron chi connectivity index (χ1n) is 10.2. The molecular formula is C20H25N5O4S. The summed E-state index contributed by atoms with van der Waals surface area (Å²) in [6.45, 7) is 0.745. The Hall–Kier alpha value is -2.43. The van der Waals surface area contributed by atoms with Gasteiger partial charge < -0.3 is 14.8 Å². The highest BCUT2D eigenvalue weighted by Gasteiger charge is 2.29. The number of urea groups is 1. The van der Waals surface area contributed by atoms with E-state index in [1.807, 2.05) is 0 Å². The molecule has 2 atom stereocenters. The third kappa shape index (κ3) is 3.28. The highest BCUT2D eigenvalue weighted by molar-refractivity contribution is 7.91. The average molecular weight is 432 g/mol. The predicted molar refractivity (Wildman–Crippen MR) is 111 cm³/mol. The van der Waals surface area contributed by atoms with Crippen molar-refractivity contribution in [1.82, 2.24) is 9.78 Å². The minimum Gasteiger partial charge on any atom is -0.474 e. The molecule has 30 heavy (non-hydrogen) atoms. The third-order valence-electron chi connectivity index (χ3n) is 6.11. The number of nitrogens with one attached hydrogen (secondary N) is 1. The monoisotopic (exact) mass is 431 g/mol. The second kappa shape index (κ2) is 7.36. The summed E-state index contributed by atoms with van der Waals surface area (Å²) in [7, 11) is -1.93. The maximum atomic E-state index is 13.1. The van der Waals surface area contributed by atoms with Crippen LogP contribution in [0, 0.1) is 0 Å². The van der Waals surface area contributed by atoms with Crippen molar-refractivity contribution in [2.75, 3.05) is 19.0 Å². The number of nitrogens with two attached hydrogens (primary N) is 1. The van der Waals surface area contributed by atoms with Gasteiger partial charge in [0.05, 0.1) is 12.7 Å². The number of aryl methyl sites for hydroxylation is 2. The van der Waals surface area contributed by atoms with Gasteiger partial charge in [-0.1, -0.05) is 6.07 Å². The molecule has 3 N–H and O–H groups in total. The minimum absolute atomic E-state index is 0.121. The van der Waals surface area contributed by atoms with Crippen LogP contribution < -0.4 is 15.2 Å². The number of hydrogen-bond acceptors (Lipinski definition) is 5. The number of rotatable bonds is 3. The Balaban J connectivity index is 1.45. The molecule has 10 heteroatoms. The molecule has 5 rings (SSSR count). The lowest BCUT2D eigenvalue weighted by atomic mass is 9.99. The summed E-state index contributed by atoms with van der Waals surface area (Å²) in [5.41, 5.74) is 5.80. The van der Waals surface area contributed by atoms with Crippen LogP contribution in [-0.2, 0) is 46.9 Å². The van der Waals surface area contributed by atoms with Gasteiger partial charge in [0.1, 0.15) is 17.6 Å². The number of aromatic nitrogens is 2. The van der Waals surface area contributed by atoms with Crippen molar-refractivity contribution in [2.45, 2.75) is 56.1 Å². The van der Waals surface area contributed by atoms with Crippen LogP contribution in [0.5, 0.6) is 5.88 Å². The minimum atomic E-state index is -3.52. The maximum Gasteiger partial charge on any atom is 0.354 e. The van der Waals surface area contributed by atoms with Gasteiger partial charge in [0.2, 0.25) is 5.88 Å². The molecule has 1 aromatic heterocycles. The van der Waals surface area contributed by atoms with Crippen LogP contribution in [0.2, 0.25) is 0 Å². The number of fused-ring (bicyclic) bond motifs is 3. The van der Waals surface area contributed by atoms with Crippen molar-refractivity contribution < 1.29 is 18.5 Å². The van der Waals surface area contributed by atoms with E-state index < -0.39 is 15.9 Å². The Morgan fingerprint density at radius 1 is 1.30 bits per heavy atom. The number of anilines is 1. The lowest BCUT2D eigenvalue weighted by Crippen LogP contribution is -2.32. The molecule has 0 unspecified atom stereocenters. The van der Waals surface area contributed by atoms with Crippen LogP contribution in [0.15, 0.2) is 21.5 Å². The summed E-state index contributed by atoms with van der Waals surface area (Å²) in [6, 6.07) is 1.58. The number of carbonyl (C=O) groups excluding carboxylic acids is 1. The van der Waals surface area contributed by atoms with Gasteiger partial charge in [0, 0.05) is 12.8 Å². The number of hydrogen-bond donors (Lipinski definition) is 2. The number of methoxy groups -OCH3 is 1. The quantitative estimate of drug-likeness (QED) is 0.772. The van der Waals surface area contributed by atoms with Crippen molar-refractivity contribution in [3.63, 3.8) is 0 Å². The summed E-state index contributed by atoms with van der Waals surface area (Å²) < 4.78 is 29.4. The molecule has 2 amide bonds. The van der Waals surface area contributed by atoms with Crippen molar-refractivity contribution in [3.8, 4) is 5.88 Å². The molecule has 1 aliphatic heterocycles. The fourth-order valence-corrected chi connectivity index (χ4v) is 5.67. The fraction of sp³-hybridized carbons (Fsp3) is 0.500. The molecule has 1 aromatic carbocycles. The van der Waals surface area contributed by atoms with Crippen LogP contribution in [-0.4, -0.2) is 39.8 Å². The molecule has 0 spiro atoms. The predicted octanol–water partition coefficient (Wildman–Crippen LogP) is 2.20. The average Bonchev–Trinajstić information content (AvgIpc) is 3.45. The molecule has 0 fully saturated rings. The number of carbonyl (C=O) groups is 1. The maximum absolute atomic E-state index is 13.1. The first kappa shape index (κ1) is 19.5. The van der Waals surface area contributed by atoms with Gasteiger partial charge >= 0.3 is 6.03 Å². The topological polar surface area (TPSA) is 121 Å². The van der Waals surface area contributed by atoms with E-state index in [9.17, 15) is 9.00 Å². The standard InChI is InChI=1S/C20H25N5O4S/c1-28-14-10-25-19(29-11-14)17(9-22-25)30(21,27)24-20(26)23-18-15-6-2-4-12(15)8-13-5-3-7-16(13)18/h8-9,14H,2-7,10-11H2,1H3,(H3,21,23,24,26,27)/t14-,30-/m1/s1. The summed E-state index contributed by atoms with van der Waals surface area (Å²) in [6.07, 6.45) is 7.27. The lowest BCUT2D eigenvalue weighted by Gasteiger charge is -2.23. The number of nitrogens with zero attached hydrogens (tertiary/aromatic N) is 3. The summed E-state index contributed by atoms with van der Waals surface area (Å²) >= 11 is 0. The highest BCUT2D eigenvalue weighted by atomic mass is 32.2. The van der Waals surface area contributed by atoms with Crippen LogP contribution >= 0.6 is 0 Å². The van der Waals surface area contributed by atoms with Crippen molar-refractivity contribution in [3.05, 3.63) is 34.5 Å². The summed E-state index contributed by atoms with van der Waals surface area (Å²) in [5, 5.41) is 13.1. The van der Waals surface area contributed by atoms with E-state index >= 15 is 0 Å². The second-order valence-electron chi connectivity index (χ2n) is 7.99. The number of ether oxygens (including phenoxy) is 2. The molecule has 2 aliphatic carbocycles. The Morgan fingerprint density at radius 2 is 2.00 bits per heavy atom. The smallest absolute Gasteiger partial charge is 0.354 e. The summed E-state index contributed by atoms with van der Waals surface area (Å²) in [4.78, 5) is 12.9. The Bertz CT molecular complexity index is 1120. The molecule has 0 saturated heterocycles. The summed E-state index contributed by atoms with van der Waals surface area (Å²) in [5.74, 6) is 0.272. The molecule has 3 aliphatic rings. The Labute approximate surface area is 175 Å². The molecule has 160 valence electrons. The van der Waals surface area contributed by atoms with Crippen molar-refractivity contribution in [2.24, 2.45) is 9.50 Å². The number of amides is 2. The normalized spacial score (nSPS) is 21.2. The van der Waals surface area contributed by atoms with E-state index in [0.717, 1.165) is 44.2 Å². The lowest BCUT2D eigenvalue weighted by molar-refractivity contribution is 0.0165. The van der Waals surface area contributed by atoms with Crippen LogP contribution in [0.1, 0.15) is 35.1 Å². The first-order chi connectivity index (χ1) is 14.5. The third-order valence-corrected chi connectivity index (χ3v) is 7.46. The van der Waals surface area contributed by atoms with Gasteiger partial charge in [-0.2, -0.15) is 5.10 Å². The largest absolute Gasteiger partial charge is 0.474 e. The van der Waals surface area contributed by atoms with Gasteiger partial charge in [-0.05, 0) is 60.8 Å². The van der Waals surface area contributed by atoms with Gasteiger partial charge in [-0.15, -0.1) is 4.36 Å². The molecular weight excluding hydrogens is 406 g/mol. The molecule has 2 aromatic rings. The van der Waals surface area contributed by atoms with E-state index in [1.165, 1.54) is 33.1 Å². The van der Waals surface area contributed by atoms with E-state index in [4.69, 9.17) is 14.6 Å². The highest BCUT2D eigenvalue weighted by Crippen LogP contribution is 2.38. The van der Waals surface area contributed by atoms with Gasteiger partial charge in [0.25, 0.3) is 0 Å². The Kier molecular flexibility index (Phi) is 4.79. The van der Waals surface area contributed by atoms with E-state index in [0.29, 0.717) is 13.2 Å². The van der Waals surface area contributed by atoms with Crippen LogP contribution in [0.25, 0.3) is 0 Å². The number of benzene rings is 1. The van der Waals surface area contributed by atoms with Crippen molar-refractivity contribution >= 4 is 21.6 Å². The fourth-order valence-electron chi connectivity index (χ4n) is 4.66. The SMILES string of the molecule is CO[C@H]1COc2c([S@](N)(=O)=NC(=O)Nc3c4c(cc5c3CCC5)CCC4)cnn2C1. The van der Waals surface area contributed by atoms with Crippen molar-refractivity contribution in [1.29, 1.82) is 0 Å². The van der Waals surface area contributed by atoms with Gasteiger partial charge in [-0.3, -0.25) is 0 Å². The van der Waals surface area contributed by atoms with Crippen LogP contribution in [0.4, 0.5) is 10.5 Å². The van der Waals surface area contributed by atoms with E-state index in [1.54, 1.807) is 7.11 Å². The van der Waals surface area contributed by atoms with Gasteiger partial charge in [-0.25, -0.2) is 18.8 Å². The zero-order valence-corrected chi connectivity index (χ0v) is 17.7. The molecule has 0 saturated carbocycles. The van der Waals surface area contributed by atoms with Gasteiger partial charge in [0.15, 0.2) is 9.92 Å². The molecule has 0 bridgehead atoms.